The summed E-state index contributed by atoms with van der Waals surface area (Å²) in [6.45, 7) is 2.84. The van der Waals surface area contributed by atoms with Crippen LogP contribution in [0.5, 0.6) is 0 Å². The summed E-state index contributed by atoms with van der Waals surface area (Å²) in [4.78, 5) is 19.3. The smallest absolute Gasteiger partial charge is 0.271 e. The lowest BCUT2D eigenvalue weighted by atomic mass is 10.1. The number of rotatable bonds is 4. The predicted octanol–water partition coefficient (Wildman–Crippen LogP) is 3.38. The minimum atomic E-state index is -0.131. The van der Waals surface area contributed by atoms with Crippen LogP contribution in [-0.2, 0) is 4.74 Å². The quantitative estimate of drug-likeness (QED) is 0.465. The van der Waals surface area contributed by atoms with E-state index in [1.165, 1.54) is 0 Å². The van der Waals surface area contributed by atoms with Gasteiger partial charge in [-0.05, 0) is 24.3 Å². The van der Waals surface area contributed by atoms with Gasteiger partial charge in [-0.2, -0.15) is 5.10 Å². The molecule has 1 fully saturated rings. The summed E-state index contributed by atoms with van der Waals surface area (Å²) in [6.07, 6.45) is 3.45. The van der Waals surface area contributed by atoms with Crippen LogP contribution in [0.4, 0.5) is 5.82 Å². The van der Waals surface area contributed by atoms with Gasteiger partial charge in [-0.3, -0.25) is 14.9 Å². The van der Waals surface area contributed by atoms with E-state index in [-0.39, 0.29) is 5.56 Å². The molecule has 5 aromatic rings. The molecule has 0 saturated carbocycles. The number of hydrogen-bond acceptors (Lipinski definition) is 5. The van der Waals surface area contributed by atoms with E-state index >= 15 is 0 Å². The largest absolute Gasteiger partial charge is 0.378 e. The molecule has 0 radical (unpaired) electrons. The number of morpholine rings is 1. The molecule has 0 amide bonds. The van der Waals surface area contributed by atoms with E-state index < -0.39 is 0 Å². The van der Waals surface area contributed by atoms with Crippen molar-refractivity contribution in [2.75, 3.05) is 31.2 Å². The van der Waals surface area contributed by atoms with Crippen molar-refractivity contribution in [1.29, 1.82) is 0 Å². The van der Waals surface area contributed by atoms with Crippen LogP contribution < -0.4 is 10.5 Å². The fraction of sp³-hybridized carbons (Fsp3) is 0.160. The second-order valence-electron chi connectivity index (χ2n) is 7.99. The first-order chi connectivity index (χ1) is 16.3. The Labute approximate surface area is 189 Å². The zero-order valence-corrected chi connectivity index (χ0v) is 17.9. The van der Waals surface area contributed by atoms with Gasteiger partial charge in [0.2, 0.25) is 0 Å². The third kappa shape index (κ3) is 3.60. The summed E-state index contributed by atoms with van der Waals surface area (Å²) < 4.78 is 9.08. The van der Waals surface area contributed by atoms with E-state index in [1.807, 2.05) is 59.1 Å². The predicted molar refractivity (Wildman–Crippen MR) is 127 cm³/mol. The van der Waals surface area contributed by atoms with E-state index in [2.05, 4.69) is 21.0 Å². The molecule has 1 aliphatic heterocycles. The maximum Gasteiger partial charge on any atom is 0.271 e. The highest BCUT2D eigenvalue weighted by molar-refractivity contribution is 5.71. The van der Waals surface area contributed by atoms with Gasteiger partial charge in [0.05, 0.1) is 35.8 Å². The molecule has 8 nitrogen and oxygen atoms in total. The molecule has 33 heavy (non-hydrogen) atoms. The summed E-state index contributed by atoms with van der Waals surface area (Å²) in [5.41, 5.74) is 5.05. The van der Waals surface area contributed by atoms with Crippen molar-refractivity contribution in [3.05, 3.63) is 89.5 Å². The molecule has 0 spiro atoms. The lowest BCUT2D eigenvalue weighted by Crippen LogP contribution is -2.37. The molecule has 0 atom stereocenters. The Hall–Kier alpha value is -4.17. The van der Waals surface area contributed by atoms with Gasteiger partial charge in [0, 0.05) is 48.7 Å². The Morgan fingerprint density at radius 2 is 1.73 bits per heavy atom. The van der Waals surface area contributed by atoms with Crippen molar-refractivity contribution in [3.8, 4) is 28.2 Å². The van der Waals surface area contributed by atoms with E-state index in [4.69, 9.17) is 9.84 Å². The molecule has 1 aliphatic rings. The summed E-state index contributed by atoms with van der Waals surface area (Å²) >= 11 is 0. The number of benzene rings is 1. The minimum Gasteiger partial charge on any atom is -0.378 e. The van der Waals surface area contributed by atoms with E-state index in [0.717, 1.165) is 52.6 Å². The molecule has 1 saturated heterocycles. The van der Waals surface area contributed by atoms with E-state index in [1.54, 1.807) is 23.1 Å². The maximum atomic E-state index is 12.9. The standard InChI is InChI=1S/C25H22N6O2/c32-25-16-23(19-7-4-8-26-17-19)28-31(25)21-13-20-14-22(18-5-2-1-3-6-18)27-30(20)24(15-21)29-9-11-33-12-10-29/h1-8,13-17,28H,9-12H2. The van der Waals surface area contributed by atoms with Crippen LogP contribution in [0.15, 0.2) is 83.9 Å². The fourth-order valence-electron chi connectivity index (χ4n) is 4.22. The average molecular weight is 438 g/mol. The van der Waals surface area contributed by atoms with Crippen LogP contribution in [0.25, 0.3) is 33.7 Å². The number of ether oxygens (including phenoxy) is 1. The van der Waals surface area contributed by atoms with Gasteiger partial charge in [0.1, 0.15) is 5.82 Å². The number of nitrogens with one attached hydrogen (secondary N) is 1. The monoisotopic (exact) mass is 438 g/mol. The Balaban J connectivity index is 1.51. The molecule has 4 aromatic heterocycles. The number of aromatic nitrogens is 5. The molecule has 0 aliphatic carbocycles. The van der Waals surface area contributed by atoms with Gasteiger partial charge in [-0.15, -0.1) is 0 Å². The second-order valence-corrected chi connectivity index (χ2v) is 7.99. The van der Waals surface area contributed by atoms with Gasteiger partial charge in [0.25, 0.3) is 5.56 Å². The average Bonchev–Trinajstić information content (AvgIpc) is 3.49. The Morgan fingerprint density at radius 1 is 0.909 bits per heavy atom. The molecule has 0 unspecified atom stereocenters. The number of pyridine rings is 2. The third-order valence-electron chi connectivity index (χ3n) is 5.88. The topological polar surface area (TPSA) is 80.5 Å². The van der Waals surface area contributed by atoms with Gasteiger partial charge in [-0.25, -0.2) is 9.20 Å². The highest BCUT2D eigenvalue weighted by atomic mass is 16.5. The highest BCUT2D eigenvalue weighted by Gasteiger charge is 2.19. The molecular weight excluding hydrogens is 416 g/mol. The molecule has 1 N–H and O–H groups in total. The van der Waals surface area contributed by atoms with Gasteiger partial charge in [-0.1, -0.05) is 30.3 Å². The molecule has 6 rings (SSSR count). The zero-order valence-electron chi connectivity index (χ0n) is 17.9. The van der Waals surface area contributed by atoms with Crippen molar-refractivity contribution in [3.63, 3.8) is 0 Å². The third-order valence-corrected chi connectivity index (χ3v) is 5.88. The van der Waals surface area contributed by atoms with Crippen molar-refractivity contribution in [1.82, 2.24) is 24.4 Å². The van der Waals surface area contributed by atoms with Gasteiger partial charge >= 0.3 is 0 Å². The maximum absolute atomic E-state index is 12.9. The van der Waals surface area contributed by atoms with Gasteiger partial charge < -0.3 is 9.64 Å². The Bertz CT molecular complexity index is 1460. The molecule has 0 bridgehead atoms. The lowest BCUT2D eigenvalue weighted by molar-refractivity contribution is 0.122. The van der Waals surface area contributed by atoms with Gasteiger partial charge in [0.15, 0.2) is 0 Å². The summed E-state index contributed by atoms with van der Waals surface area (Å²) in [7, 11) is 0. The van der Waals surface area contributed by atoms with Crippen molar-refractivity contribution in [2.24, 2.45) is 0 Å². The van der Waals surface area contributed by atoms with E-state index in [9.17, 15) is 4.79 Å². The fourth-order valence-corrected chi connectivity index (χ4v) is 4.22. The van der Waals surface area contributed by atoms with Crippen molar-refractivity contribution < 1.29 is 4.74 Å². The minimum absolute atomic E-state index is 0.131. The molecule has 164 valence electrons. The van der Waals surface area contributed by atoms with Crippen LogP contribution in [-0.4, -0.2) is 50.7 Å². The normalized spacial score (nSPS) is 14.1. The molecular formula is C25H22N6O2. The molecule has 8 heteroatoms. The first-order valence-corrected chi connectivity index (χ1v) is 10.9. The number of aromatic amines is 1. The number of fused-ring (bicyclic) bond motifs is 1. The van der Waals surface area contributed by atoms with E-state index in [0.29, 0.717) is 13.2 Å². The second kappa shape index (κ2) is 8.07. The summed E-state index contributed by atoms with van der Waals surface area (Å²) in [5, 5.41) is 8.14. The lowest BCUT2D eigenvalue weighted by Gasteiger charge is -2.29. The van der Waals surface area contributed by atoms with Crippen molar-refractivity contribution in [2.45, 2.75) is 0 Å². The number of anilines is 1. The Morgan fingerprint density at radius 3 is 2.52 bits per heavy atom. The SMILES string of the molecule is O=c1cc(-c2cccnc2)[nH]n1-c1cc(N2CCOCC2)n2nc(-c3ccccc3)cc2c1. The number of nitrogens with zero attached hydrogens (tertiary/aromatic N) is 5. The summed E-state index contributed by atoms with van der Waals surface area (Å²) in [5.74, 6) is 0.928. The van der Waals surface area contributed by atoms with Crippen LogP contribution in [0, 0.1) is 0 Å². The zero-order chi connectivity index (χ0) is 22.2. The van der Waals surface area contributed by atoms with Crippen LogP contribution in [0.2, 0.25) is 0 Å². The summed E-state index contributed by atoms with van der Waals surface area (Å²) in [6, 6.07) is 21.5. The van der Waals surface area contributed by atoms with Crippen LogP contribution in [0.1, 0.15) is 0 Å². The molecule has 5 heterocycles. The Kier molecular flexibility index (Phi) is 4.77. The molecule has 1 aromatic carbocycles. The van der Waals surface area contributed by atoms with Crippen LogP contribution >= 0.6 is 0 Å². The van der Waals surface area contributed by atoms with Crippen LogP contribution in [0.3, 0.4) is 0 Å². The first-order valence-electron chi connectivity index (χ1n) is 10.9. The van der Waals surface area contributed by atoms with Crippen molar-refractivity contribution >= 4 is 11.3 Å². The first kappa shape index (κ1) is 19.5. The number of hydrogen-bond donors (Lipinski definition) is 1. The number of H-pyrrole nitrogens is 1. The highest BCUT2D eigenvalue weighted by Crippen LogP contribution is 2.27.